The van der Waals surface area contributed by atoms with Crippen LogP contribution in [-0.2, 0) is 19.4 Å². The Morgan fingerprint density at radius 3 is 2.79 bits per heavy atom. The van der Waals surface area contributed by atoms with E-state index in [0.717, 1.165) is 19.4 Å². The molecule has 2 bridgehead atoms. The third-order valence-electron chi connectivity index (χ3n) is 3.14. The van der Waals surface area contributed by atoms with Crippen molar-refractivity contribution in [2.45, 2.75) is 25.4 Å². The van der Waals surface area contributed by atoms with E-state index < -0.39 is 0 Å². The van der Waals surface area contributed by atoms with E-state index in [1.165, 1.54) is 22.3 Å². The fourth-order valence-electron chi connectivity index (χ4n) is 2.46. The maximum atomic E-state index is 9.02. The fraction of sp³-hybridized carbons (Fsp3) is 0.364. The van der Waals surface area contributed by atoms with Crippen LogP contribution in [0.4, 0.5) is 0 Å². The molecule has 14 heavy (non-hydrogen) atoms. The Bertz CT molecular complexity index is 431. The zero-order chi connectivity index (χ0) is 9.54. The Labute approximate surface area is 82.7 Å². The van der Waals surface area contributed by atoms with E-state index in [-0.39, 0.29) is 6.04 Å². The molecule has 4 rings (SSSR count). The number of rotatable bonds is 0. The van der Waals surface area contributed by atoms with Crippen molar-refractivity contribution in [3.63, 3.8) is 0 Å². The highest BCUT2D eigenvalue weighted by Gasteiger charge is 2.27. The summed E-state index contributed by atoms with van der Waals surface area (Å²) < 4.78 is 0. The van der Waals surface area contributed by atoms with Crippen molar-refractivity contribution in [1.29, 1.82) is 5.26 Å². The molecular formula is C11H11N3. The second kappa shape index (κ2) is 2.81. The van der Waals surface area contributed by atoms with Gasteiger partial charge in [0.05, 0.1) is 6.07 Å². The predicted octanol–water partition coefficient (Wildman–Crippen LogP) is 0.958. The molecule has 1 aromatic carbocycles. The van der Waals surface area contributed by atoms with Gasteiger partial charge in [-0.3, -0.25) is 5.43 Å². The average Bonchev–Trinajstić information content (AvgIpc) is 2.30. The average molecular weight is 185 g/mol. The van der Waals surface area contributed by atoms with Crippen LogP contribution in [0, 0.1) is 11.3 Å². The highest BCUT2D eigenvalue weighted by atomic mass is 15.4. The molecule has 0 aromatic heterocycles. The molecule has 3 heteroatoms. The molecule has 0 radical (unpaired) electrons. The molecule has 1 heterocycles. The van der Waals surface area contributed by atoms with Crippen molar-refractivity contribution in [2.75, 3.05) is 0 Å². The van der Waals surface area contributed by atoms with Gasteiger partial charge in [-0.25, -0.2) is 5.43 Å². The van der Waals surface area contributed by atoms with Crippen molar-refractivity contribution in [3.05, 3.63) is 34.4 Å². The smallest absolute Gasteiger partial charge is 0.134 e. The van der Waals surface area contributed by atoms with Crippen molar-refractivity contribution >= 4 is 0 Å². The summed E-state index contributed by atoms with van der Waals surface area (Å²) in [6.07, 6.45) is 2.25. The molecule has 0 saturated carbocycles. The number of aryl methyl sites for hydroxylation is 2. The summed E-state index contributed by atoms with van der Waals surface area (Å²) in [4.78, 5) is 0. The number of nitriles is 1. The summed E-state index contributed by atoms with van der Waals surface area (Å²) in [5, 5.41) is 9.02. The summed E-state index contributed by atoms with van der Waals surface area (Å²) in [7, 11) is 0. The normalized spacial score (nSPS) is 22.9. The minimum atomic E-state index is -0.172. The number of hydrazine groups is 1. The van der Waals surface area contributed by atoms with Crippen LogP contribution in [0.15, 0.2) is 12.1 Å². The van der Waals surface area contributed by atoms with Crippen molar-refractivity contribution in [2.24, 2.45) is 0 Å². The minimum Gasteiger partial charge on any atom is -0.252 e. The zero-order valence-electron chi connectivity index (χ0n) is 7.80. The van der Waals surface area contributed by atoms with E-state index in [2.05, 4.69) is 29.1 Å². The molecule has 3 nitrogen and oxygen atoms in total. The highest BCUT2D eigenvalue weighted by Crippen LogP contribution is 2.33. The first-order valence-corrected chi connectivity index (χ1v) is 4.91. The van der Waals surface area contributed by atoms with Crippen molar-refractivity contribution in [1.82, 2.24) is 10.9 Å². The Balaban J connectivity index is 2.24. The third kappa shape index (κ3) is 0.926. The number of nitrogens with one attached hydrogen (secondary N) is 2. The third-order valence-corrected chi connectivity index (χ3v) is 3.14. The van der Waals surface area contributed by atoms with Crippen LogP contribution in [-0.4, -0.2) is 0 Å². The minimum absolute atomic E-state index is 0.172. The van der Waals surface area contributed by atoms with Gasteiger partial charge >= 0.3 is 0 Å². The molecule has 0 amide bonds. The van der Waals surface area contributed by atoms with Crippen LogP contribution in [0.2, 0.25) is 0 Å². The summed E-state index contributed by atoms with van der Waals surface area (Å²) in [5.41, 5.74) is 11.4. The van der Waals surface area contributed by atoms with E-state index in [1.807, 2.05) is 0 Å². The van der Waals surface area contributed by atoms with Gasteiger partial charge in [-0.2, -0.15) is 5.26 Å². The lowest BCUT2D eigenvalue weighted by Crippen LogP contribution is -2.41. The van der Waals surface area contributed by atoms with Gasteiger partial charge in [0.25, 0.3) is 0 Å². The number of nitrogens with zero attached hydrogens (tertiary/aromatic N) is 1. The summed E-state index contributed by atoms with van der Waals surface area (Å²) >= 11 is 0. The van der Waals surface area contributed by atoms with Gasteiger partial charge in [-0.15, -0.1) is 0 Å². The largest absolute Gasteiger partial charge is 0.252 e. The van der Waals surface area contributed by atoms with Crippen LogP contribution in [0.25, 0.3) is 0 Å². The maximum Gasteiger partial charge on any atom is 0.134 e. The molecule has 0 saturated heterocycles. The highest BCUT2D eigenvalue weighted by molar-refractivity contribution is 5.49. The van der Waals surface area contributed by atoms with Crippen LogP contribution in [0.5, 0.6) is 0 Å². The summed E-state index contributed by atoms with van der Waals surface area (Å²) in [6.45, 7) is 0.844. The molecule has 70 valence electrons. The quantitative estimate of drug-likeness (QED) is 0.633. The van der Waals surface area contributed by atoms with Gasteiger partial charge in [0.15, 0.2) is 0 Å². The van der Waals surface area contributed by atoms with E-state index in [9.17, 15) is 0 Å². The fourth-order valence-corrected chi connectivity index (χ4v) is 2.46. The van der Waals surface area contributed by atoms with E-state index in [0.29, 0.717) is 0 Å². The molecule has 3 aliphatic rings. The predicted molar refractivity (Wildman–Crippen MR) is 52.2 cm³/mol. The van der Waals surface area contributed by atoms with E-state index in [1.54, 1.807) is 0 Å². The van der Waals surface area contributed by atoms with Crippen LogP contribution in [0.1, 0.15) is 28.3 Å². The lowest BCUT2D eigenvalue weighted by Gasteiger charge is -2.31. The first-order chi connectivity index (χ1) is 6.90. The van der Waals surface area contributed by atoms with Crippen molar-refractivity contribution in [3.8, 4) is 6.07 Å². The molecule has 1 aliphatic heterocycles. The lowest BCUT2D eigenvalue weighted by atomic mass is 9.82. The second-order valence-corrected chi connectivity index (χ2v) is 3.84. The second-order valence-electron chi connectivity index (χ2n) is 3.84. The monoisotopic (exact) mass is 185 g/mol. The summed E-state index contributed by atoms with van der Waals surface area (Å²) in [5.74, 6) is 0. The lowest BCUT2D eigenvalue weighted by molar-refractivity contribution is 0.451. The summed E-state index contributed by atoms with van der Waals surface area (Å²) in [6, 6.07) is 6.47. The topological polar surface area (TPSA) is 47.9 Å². The van der Waals surface area contributed by atoms with Gasteiger partial charge < -0.3 is 0 Å². The van der Waals surface area contributed by atoms with E-state index in [4.69, 9.17) is 5.26 Å². The number of hydrogen-bond acceptors (Lipinski definition) is 3. The van der Waals surface area contributed by atoms with Crippen LogP contribution < -0.4 is 10.9 Å². The van der Waals surface area contributed by atoms with Gasteiger partial charge in [0.2, 0.25) is 0 Å². The molecule has 1 unspecified atom stereocenters. The Hall–Kier alpha value is -1.37. The maximum absolute atomic E-state index is 9.02. The SMILES string of the molecule is N#CC1NNCc2c3ccc(c21)CC3. The first-order valence-electron chi connectivity index (χ1n) is 4.91. The number of hydrogen-bond donors (Lipinski definition) is 2. The van der Waals surface area contributed by atoms with Gasteiger partial charge in [0, 0.05) is 6.54 Å². The molecule has 0 fully saturated rings. The van der Waals surface area contributed by atoms with Gasteiger partial charge in [-0.05, 0) is 35.1 Å². The molecular weight excluding hydrogens is 174 g/mol. The first kappa shape index (κ1) is 7.98. The molecule has 2 N–H and O–H groups in total. The zero-order valence-corrected chi connectivity index (χ0v) is 7.80. The van der Waals surface area contributed by atoms with Gasteiger partial charge in [-0.1, -0.05) is 12.1 Å². The van der Waals surface area contributed by atoms with Crippen LogP contribution >= 0.6 is 0 Å². The Kier molecular flexibility index (Phi) is 1.60. The van der Waals surface area contributed by atoms with Gasteiger partial charge in [0.1, 0.15) is 6.04 Å². The Morgan fingerprint density at radius 1 is 1.29 bits per heavy atom. The Morgan fingerprint density at radius 2 is 2.07 bits per heavy atom. The molecule has 0 spiro atoms. The molecule has 2 aliphatic carbocycles. The molecule has 1 aromatic rings. The number of benzene rings is 1. The standard InChI is InChI=1S/C11H11N3/c12-5-10-11-8-3-1-7(2-4-8)9(11)6-13-14-10/h1,3,10,13-14H,2,4,6H2. The van der Waals surface area contributed by atoms with Crippen LogP contribution in [0.3, 0.4) is 0 Å². The van der Waals surface area contributed by atoms with Crippen molar-refractivity contribution < 1.29 is 0 Å². The van der Waals surface area contributed by atoms with E-state index >= 15 is 0 Å². The molecule has 1 atom stereocenters. The number of fused-ring (bicyclic) bond motifs is 2.